The quantitative estimate of drug-likeness (QED) is 0.511. The van der Waals surface area contributed by atoms with E-state index in [0.29, 0.717) is 24.1 Å². The SMILES string of the molecule is CCCc1ccc(S(=O)(=O)Nc2ccccc2CCc2ccccc2C(=O)O)cc1. The van der Waals surface area contributed by atoms with Gasteiger partial charge in [-0.3, -0.25) is 4.72 Å². The molecule has 0 aliphatic rings. The van der Waals surface area contributed by atoms with Crippen molar-refractivity contribution in [3.05, 3.63) is 95.1 Å². The number of anilines is 1. The summed E-state index contributed by atoms with van der Waals surface area (Å²) in [5.41, 5.74) is 3.40. The van der Waals surface area contributed by atoms with Crippen molar-refractivity contribution in [1.82, 2.24) is 0 Å². The fourth-order valence-electron chi connectivity index (χ4n) is 3.38. The zero-order valence-electron chi connectivity index (χ0n) is 16.8. The molecular weight excluding hydrogens is 398 g/mol. The Morgan fingerprint density at radius 1 is 0.833 bits per heavy atom. The molecule has 0 fully saturated rings. The first-order valence-corrected chi connectivity index (χ1v) is 11.4. The molecule has 0 saturated carbocycles. The number of aromatic carboxylic acids is 1. The summed E-state index contributed by atoms with van der Waals surface area (Å²) < 4.78 is 28.4. The molecule has 0 bridgehead atoms. The molecule has 0 atom stereocenters. The van der Waals surface area contributed by atoms with Crippen LogP contribution in [-0.2, 0) is 29.3 Å². The van der Waals surface area contributed by atoms with Crippen molar-refractivity contribution in [2.75, 3.05) is 4.72 Å². The van der Waals surface area contributed by atoms with E-state index in [9.17, 15) is 18.3 Å². The average Bonchev–Trinajstić information content (AvgIpc) is 2.74. The summed E-state index contributed by atoms with van der Waals surface area (Å²) >= 11 is 0. The highest BCUT2D eigenvalue weighted by Gasteiger charge is 2.16. The second-order valence-corrected chi connectivity index (χ2v) is 8.80. The van der Waals surface area contributed by atoms with Gasteiger partial charge in [0, 0.05) is 0 Å². The Balaban J connectivity index is 1.79. The fraction of sp³-hybridized carbons (Fsp3) is 0.208. The molecule has 0 radical (unpaired) electrons. The van der Waals surface area contributed by atoms with E-state index < -0.39 is 16.0 Å². The molecule has 30 heavy (non-hydrogen) atoms. The molecular formula is C24H25NO4S. The molecule has 3 aromatic rings. The Morgan fingerprint density at radius 3 is 2.10 bits per heavy atom. The molecule has 0 heterocycles. The molecule has 0 aromatic heterocycles. The van der Waals surface area contributed by atoms with Crippen LogP contribution in [0.4, 0.5) is 5.69 Å². The van der Waals surface area contributed by atoms with E-state index in [2.05, 4.69) is 11.6 Å². The smallest absolute Gasteiger partial charge is 0.335 e. The number of carbonyl (C=O) groups is 1. The van der Waals surface area contributed by atoms with E-state index >= 15 is 0 Å². The van der Waals surface area contributed by atoms with E-state index in [1.54, 1.807) is 48.5 Å². The average molecular weight is 424 g/mol. The lowest BCUT2D eigenvalue weighted by atomic mass is 9.99. The minimum atomic E-state index is -3.72. The van der Waals surface area contributed by atoms with Crippen LogP contribution < -0.4 is 4.72 Å². The van der Waals surface area contributed by atoms with Crippen LogP contribution in [0.1, 0.15) is 40.4 Å². The lowest BCUT2D eigenvalue weighted by molar-refractivity contribution is 0.0695. The van der Waals surface area contributed by atoms with Crippen molar-refractivity contribution < 1.29 is 18.3 Å². The Labute approximate surface area is 177 Å². The Morgan fingerprint density at radius 2 is 1.43 bits per heavy atom. The molecule has 5 nitrogen and oxygen atoms in total. The van der Waals surface area contributed by atoms with E-state index in [0.717, 1.165) is 24.0 Å². The highest BCUT2D eigenvalue weighted by molar-refractivity contribution is 7.92. The van der Waals surface area contributed by atoms with Crippen LogP contribution in [-0.4, -0.2) is 19.5 Å². The van der Waals surface area contributed by atoms with Gasteiger partial charge in [-0.15, -0.1) is 0 Å². The summed E-state index contributed by atoms with van der Waals surface area (Å²) in [5.74, 6) is -0.967. The van der Waals surface area contributed by atoms with Crippen molar-refractivity contribution in [2.24, 2.45) is 0 Å². The summed E-state index contributed by atoms with van der Waals surface area (Å²) in [5, 5.41) is 9.36. The molecule has 0 aliphatic heterocycles. The highest BCUT2D eigenvalue weighted by Crippen LogP contribution is 2.23. The van der Waals surface area contributed by atoms with E-state index in [-0.39, 0.29) is 10.5 Å². The van der Waals surface area contributed by atoms with Crippen LogP contribution in [0.15, 0.2) is 77.7 Å². The van der Waals surface area contributed by atoms with E-state index in [1.165, 1.54) is 0 Å². The maximum atomic E-state index is 12.9. The molecule has 0 spiro atoms. The van der Waals surface area contributed by atoms with Gasteiger partial charge < -0.3 is 5.11 Å². The molecule has 0 amide bonds. The third-order valence-electron chi connectivity index (χ3n) is 4.95. The zero-order valence-corrected chi connectivity index (χ0v) is 17.7. The van der Waals surface area contributed by atoms with Crippen molar-refractivity contribution >= 4 is 21.7 Å². The maximum Gasteiger partial charge on any atom is 0.335 e. The maximum absolute atomic E-state index is 12.9. The highest BCUT2D eigenvalue weighted by atomic mass is 32.2. The second kappa shape index (κ2) is 9.59. The van der Waals surface area contributed by atoms with Crippen LogP contribution in [0.2, 0.25) is 0 Å². The summed E-state index contributed by atoms with van der Waals surface area (Å²) in [7, 11) is -3.72. The zero-order chi connectivity index (χ0) is 21.6. The monoisotopic (exact) mass is 423 g/mol. The van der Waals surface area contributed by atoms with Crippen LogP contribution >= 0.6 is 0 Å². The lowest BCUT2D eigenvalue weighted by Gasteiger charge is -2.13. The second-order valence-electron chi connectivity index (χ2n) is 7.12. The van der Waals surface area contributed by atoms with Crippen LogP contribution in [0.25, 0.3) is 0 Å². The van der Waals surface area contributed by atoms with Gasteiger partial charge >= 0.3 is 5.97 Å². The summed E-state index contributed by atoms with van der Waals surface area (Å²) in [4.78, 5) is 11.6. The number of nitrogens with one attached hydrogen (secondary N) is 1. The molecule has 0 aliphatic carbocycles. The number of para-hydroxylation sites is 1. The number of rotatable bonds is 9. The minimum Gasteiger partial charge on any atom is -0.478 e. The van der Waals surface area contributed by atoms with Crippen LogP contribution in [0.3, 0.4) is 0 Å². The summed E-state index contributed by atoms with van der Waals surface area (Å²) in [6.07, 6.45) is 2.92. The normalized spacial score (nSPS) is 11.2. The lowest BCUT2D eigenvalue weighted by Crippen LogP contribution is -2.14. The number of hydrogen-bond donors (Lipinski definition) is 2. The first-order chi connectivity index (χ1) is 14.4. The molecule has 0 saturated heterocycles. The number of hydrogen-bond acceptors (Lipinski definition) is 3. The predicted molar refractivity (Wildman–Crippen MR) is 118 cm³/mol. The van der Waals surface area contributed by atoms with Crippen molar-refractivity contribution in [2.45, 2.75) is 37.5 Å². The Kier molecular flexibility index (Phi) is 6.90. The Bertz CT molecular complexity index is 1120. The van der Waals surface area contributed by atoms with E-state index in [1.807, 2.05) is 24.3 Å². The topological polar surface area (TPSA) is 83.5 Å². The molecule has 3 rings (SSSR count). The van der Waals surface area contributed by atoms with Gasteiger partial charge in [0.2, 0.25) is 0 Å². The number of sulfonamides is 1. The van der Waals surface area contributed by atoms with Gasteiger partial charge in [0.05, 0.1) is 16.1 Å². The van der Waals surface area contributed by atoms with Gasteiger partial charge in [0.15, 0.2) is 0 Å². The molecule has 6 heteroatoms. The molecule has 0 unspecified atom stereocenters. The van der Waals surface area contributed by atoms with E-state index in [4.69, 9.17) is 0 Å². The third-order valence-corrected chi connectivity index (χ3v) is 6.33. The third kappa shape index (κ3) is 5.27. The number of aryl methyl sites for hydroxylation is 3. The van der Waals surface area contributed by atoms with Crippen molar-refractivity contribution in [3.8, 4) is 0 Å². The standard InChI is InChI=1S/C24H25NO4S/c1-2-7-18-12-16-21(17-13-18)30(28,29)25-23-11-6-4-9-20(23)15-14-19-8-3-5-10-22(19)24(26)27/h3-6,8-13,16-17,25H,2,7,14-15H2,1H3,(H,26,27). The number of carboxylic acids is 1. The van der Waals surface area contributed by atoms with Gasteiger partial charge in [0.1, 0.15) is 0 Å². The molecule has 2 N–H and O–H groups in total. The summed E-state index contributed by atoms with van der Waals surface area (Å²) in [6.45, 7) is 2.08. The summed E-state index contributed by atoms with van der Waals surface area (Å²) in [6, 6.07) is 21.0. The largest absolute Gasteiger partial charge is 0.478 e. The van der Waals surface area contributed by atoms with Crippen molar-refractivity contribution in [1.29, 1.82) is 0 Å². The van der Waals surface area contributed by atoms with Gasteiger partial charge in [-0.25, -0.2) is 13.2 Å². The minimum absolute atomic E-state index is 0.216. The van der Waals surface area contributed by atoms with Crippen LogP contribution in [0, 0.1) is 0 Å². The number of carboxylic acid groups (broad SMARTS) is 1. The number of benzene rings is 3. The van der Waals surface area contributed by atoms with Gasteiger partial charge in [-0.2, -0.15) is 0 Å². The first kappa shape index (κ1) is 21.6. The van der Waals surface area contributed by atoms with Crippen LogP contribution in [0.5, 0.6) is 0 Å². The molecule has 3 aromatic carbocycles. The van der Waals surface area contributed by atoms with Gasteiger partial charge in [-0.1, -0.05) is 61.9 Å². The predicted octanol–water partition coefficient (Wildman–Crippen LogP) is 4.92. The van der Waals surface area contributed by atoms with Crippen molar-refractivity contribution in [3.63, 3.8) is 0 Å². The van der Waals surface area contributed by atoms with Gasteiger partial charge in [-0.05, 0) is 60.2 Å². The first-order valence-electron chi connectivity index (χ1n) is 9.91. The fourth-order valence-corrected chi connectivity index (χ4v) is 4.48. The Hall–Kier alpha value is -3.12. The molecule has 156 valence electrons. The van der Waals surface area contributed by atoms with Gasteiger partial charge in [0.25, 0.3) is 10.0 Å².